The Hall–Kier alpha value is -0.0800. The molecule has 2 heteroatoms. The molecule has 0 aliphatic rings. The lowest BCUT2D eigenvalue weighted by molar-refractivity contribution is 0.0765. The van der Waals surface area contributed by atoms with Crippen molar-refractivity contribution in [3.63, 3.8) is 0 Å². The molecule has 0 spiro atoms. The predicted octanol–water partition coefficient (Wildman–Crippen LogP) is 2.95. The van der Waals surface area contributed by atoms with Crippen molar-refractivity contribution in [3.05, 3.63) is 0 Å². The number of hydrogen-bond acceptors (Lipinski definition) is 2. The van der Waals surface area contributed by atoms with Crippen LogP contribution in [0.5, 0.6) is 0 Å². The van der Waals surface area contributed by atoms with Crippen molar-refractivity contribution in [2.75, 3.05) is 6.54 Å². The number of aliphatic hydroxyl groups is 1. The molecule has 0 amide bonds. The Bertz CT molecular complexity index is 170. The van der Waals surface area contributed by atoms with Crippen molar-refractivity contribution in [2.45, 2.75) is 72.4 Å². The lowest BCUT2D eigenvalue weighted by Gasteiger charge is -2.31. The van der Waals surface area contributed by atoms with Crippen LogP contribution in [0.15, 0.2) is 0 Å². The second kappa shape index (κ2) is 5.86. The fourth-order valence-electron chi connectivity index (χ4n) is 1.66. The molecule has 0 heterocycles. The summed E-state index contributed by atoms with van der Waals surface area (Å²) in [6.07, 6.45) is 2.94. The Morgan fingerprint density at radius 2 is 1.67 bits per heavy atom. The number of rotatable bonds is 6. The summed E-state index contributed by atoms with van der Waals surface area (Å²) in [6, 6.07) is 0. The molecule has 0 aliphatic heterocycles. The topological polar surface area (TPSA) is 32.3 Å². The molecule has 2 nitrogen and oxygen atoms in total. The molecular weight excluding hydrogens is 186 g/mol. The minimum atomic E-state index is -0.257. The van der Waals surface area contributed by atoms with Crippen LogP contribution in [0.4, 0.5) is 0 Å². The van der Waals surface area contributed by atoms with E-state index in [0.717, 1.165) is 13.0 Å². The Morgan fingerprint density at radius 3 is 2.07 bits per heavy atom. The summed E-state index contributed by atoms with van der Waals surface area (Å²) in [6.45, 7) is 13.9. The molecule has 92 valence electrons. The highest BCUT2D eigenvalue weighted by atomic mass is 16.3. The van der Waals surface area contributed by atoms with Crippen LogP contribution >= 0.6 is 0 Å². The summed E-state index contributed by atoms with van der Waals surface area (Å²) >= 11 is 0. The average molecular weight is 215 g/mol. The first kappa shape index (κ1) is 14.9. The number of aliphatic hydroxyl groups excluding tert-OH is 1. The van der Waals surface area contributed by atoms with Gasteiger partial charge < -0.3 is 10.4 Å². The van der Waals surface area contributed by atoms with Gasteiger partial charge in [0.1, 0.15) is 0 Å². The van der Waals surface area contributed by atoms with Gasteiger partial charge in [-0.3, -0.25) is 0 Å². The second-order valence-corrected chi connectivity index (χ2v) is 6.24. The van der Waals surface area contributed by atoms with Crippen molar-refractivity contribution in [1.29, 1.82) is 0 Å². The summed E-state index contributed by atoms with van der Waals surface area (Å²) in [5.41, 5.74) is 0.252. The van der Waals surface area contributed by atoms with Crippen LogP contribution in [0.1, 0.15) is 60.8 Å². The van der Waals surface area contributed by atoms with Gasteiger partial charge in [0.05, 0.1) is 6.10 Å². The molecule has 0 aromatic carbocycles. The maximum absolute atomic E-state index is 9.78. The van der Waals surface area contributed by atoms with Gasteiger partial charge in [-0.05, 0) is 45.1 Å². The van der Waals surface area contributed by atoms with Crippen LogP contribution in [0.3, 0.4) is 0 Å². The Kier molecular flexibility index (Phi) is 5.82. The van der Waals surface area contributed by atoms with E-state index in [1.54, 1.807) is 0 Å². The third-order valence-corrected chi connectivity index (χ3v) is 2.90. The van der Waals surface area contributed by atoms with Crippen molar-refractivity contribution in [1.82, 2.24) is 5.32 Å². The Balaban J connectivity index is 3.76. The van der Waals surface area contributed by atoms with E-state index in [0.29, 0.717) is 5.41 Å². The van der Waals surface area contributed by atoms with Crippen molar-refractivity contribution >= 4 is 0 Å². The molecule has 1 atom stereocenters. The maximum Gasteiger partial charge on any atom is 0.0713 e. The zero-order valence-electron chi connectivity index (χ0n) is 11.4. The molecule has 0 fully saturated rings. The van der Waals surface area contributed by atoms with E-state index in [1.165, 1.54) is 12.8 Å². The standard InChI is InChI=1S/C13H29NO/c1-7-11(15)13(5,6)14-10-8-9-12(2,3)4/h11,14-15H,7-10H2,1-6H3. The largest absolute Gasteiger partial charge is 0.391 e. The van der Waals surface area contributed by atoms with E-state index in [9.17, 15) is 5.11 Å². The first-order valence-corrected chi connectivity index (χ1v) is 6.12. The van der Waals surface area contributed by atoms with E-state index >= 15 is 0 Å². The van der Waals surface area contributed by atoms with Crippen molar-refractivity contribution < 1.29 is 5.11 Å². The average Bonchev–Trinajstić information content (AvgIpc) is 2.09. The van der Waals surface area contributed by atoms with Crippen molar-refractivity contribution in [3.8, 4) is 0 Å². The highest BCUT2D eigenvalue weighted by Gasteiger charge is 2.25. The summed E-state index contributed by atoms with van der Waals surface area (Å²) in [5.74, 6) is 0. The molecule has 0 radical (unpaired) electrons. The molecule has 0 bridgehead atoms. The number of hydrogen-bond donors (Lipinski definition) is 2. The van der Waals surface area contributed by atoms with E-state index < -0.39 is 0 Å². The zero-order valence-corrected chi connectivity index (χ0v) is 11.4. The molecule has 1 unspecified atom stereocenters. The zero-order chi connectivity index (χ0) is 12.1. The molecular formula is C13H29NO. The molecule has 0 aromatic rings. The van der Waals surface area contributed by atoms with Crippen LogP contribution in [0.25, 0.3) is 0 Å². The van der Waals surface area contributed by atoms with Gasteiger partial charge in [0.25, 0.3) is 0 Å². The Morgan fingerprint density at radius 1 is 1.13 bits per heavy atom. The van der Waals surface area contributed by atoms with E-state index in [2.05, 4.69) is 39.9 Å². The molecule has 0 aromatic heterocycles. The van der Waals surface area contributed by atoms with Gasteiger partial charge >= 0.3 is 0 Å². The summed E-state index contributed by atoms with van der Waals surface area (Å²) in [7, 11) is 0. The summed E-state index contributed by atoms with van der Waals surface area (Å²) in [4.78, 5) is 0. The van der Waals surface area contributed by atoms with Gasteiger partial charge in [0.2, 0.25) is 0 Å². The fraction of sp³-hybridized carbons (Fsp3) is 1.00. The normalized spacial score (nSPS) is 15.4. The minimum Gasteiger partial charge on any atom is -0.391 e. The summed E-state index contributed by atoms with van der Waals surface area (Å²) < 4.78 is 0. The third kappa shape index (κ3) is 6.91. The quantitative estimate of drug-likeness (QED) is 0.668. The monoisotopic (exact) mass is 215 g/mol. The second-order valence-electron chi connectivity index (χ2n) is 6.24. The van der Waals surface area contributed by atoms with Gasteiger partial charge in [0, 0.05) is 5.54 Å². The van der Waals surface area contributed by atoms with Gasteiger partial charge in [-0.1, -0.05) is 27.7 Å². The van der Waals surface area contributed by atoms with Gasteiger partial charge in [-0.25, -0.2) is 0 Å². The molecule has 0 rings (SSSR count). The maximum atomic E-state index is 9.78. The highest BCUT2D eigenvalue weighted by molar-refractivity contribution is 4.84. The molecule has 0 saturated heterocycles. The first-order valence-electron chi connectivity index (χ1n) is 6.12. The molecule has 0 aliphatic carbocycles. The smallest absolute Gasteiger partial charge is 0.0713 e. The van der Waals surface area contributed by atoms with Crippen LogP contribution in [0.2, 0.25) is 0 Å². The van der Waals surface area contributed by atoms with Gasteiger partial charge in [-0.2, -0.15) is 0 Å². The predicted molar refractivity (Wildman–Crippen MR) is 67.1 cm³/mol. The first-order chi connectivity index (χ1) is 6.69. The fourth-order valence-corrected chi connectivity index (χ4v) is 1.66. The summed E-state index contributed by atoms with van der Waals surface area (Å²) in [5, 5.41) is 13.2. The van der Waals surface area contributed by atoms with Crippen molar-refractivity contribution in [2.24, 2.45) is 5.41 Å². The molecule has 0 saturated carbocycles. The van der Waals surface area contributed by atoms with E-state index in [4.69, 9.17) is 0 Å². The lowest BCUT2D eigenvalue weighted by Crippen LogP contribution is -2.49. The van der Waals surface area contributed by atoms with Crippen LogP contribution in [0, 0.1) is 5.41 Å². The highest BCUT2D eigenvalue weighted by Crippen LogP contribution is 2.20. The van der Waals surface area contributed by atoms with Crippen LogP contribution in [-0.4, -0.2) is 23.3 Å². The van der Waals surface area contributed by atoms with Crippen LogP contribution < -0.4 is 5.32 Å². The third-order valence-electron chi connectivity index (χ3n) is 2.90. The van der Waals surface area contributed by atoms with E-state index in [1.807, 2.05) is 6.92 Å². The van der Waals surface area contributed by atoms with Gasteiger partial charge in [0.15, 0.2) is 0 Å². The SMILES string of the molecule is CCC(O)C(C)(C)NCCCC(C)(C)C. The van der Waals surface area contributed by atoms with Crippen LogP contribution in [-0.2, 0) is 0 Å². The van der Waals surface area contributed by atoms with Gasteiger partial charge in [-0.15, -0.1) is 0 Å². The number of nitrogens with one attached hydrogen (secondary N) is 1. The molecule has 2 N–H and O–H groups in total. The minimum absolute atomic E-state index is 0.160. The van der Waals surface area contributed by atoms with E-state index in [-0.39, 0.29) is 11.6 Å². The lowest BCUT2D eigenvalue weighted by atomic mass is 9.90. The molecule has 15 heavy (non-hydrogen) atoms. The Labute approximate surface area is 95.5 Å².